The molecule has 0 aliphatic carbocycles. The van der Waals surface area contributed by atoms with Crippen LogP contribution in [0.2, 0.25) is 0 Å². The van der Waals surface area contributed by atoms with Gasteiger partial charge in [0.05, 0.1) is 13.7 Å². The molecule has 7 heteroatoms. The second-order valence-electron chi connectivity index (χ2n) is 4.21. The summed E-state index contributed by atoms with van der Waals surface area (Å²) in [6.45, 7) is 6.45. The van der Waals surface area contributed by atoms with Gasteiger partial charge in [-0.1, -0.05) is 6.08 Å². The van der Waals surface area contributed by atoms with Crippen molar-refractivity contribution in [3.05, 3.63) is 17.5 Å². The van der Waals surface area contributed by atoms with Crippen molar-refractivity contribution in [2.24, 2.45) is 0 Å². The summed E-state index contributed by atoms with van der Waals surface area (Å²) >= 11 is 1.26. The number of nitrogens with one attached hydrogen (secondary N) is 2. The Kier molecular flexibility index (Phi) is 6.33. The number of thiophene rings is 1. The molecule has 0 aliphatic heterocycles. The minimum absolute atomic E-state index is 0.0797. The van der Waals surface area contributed by atoms with Crippen LogP contribution in [0.4, 0.5) is 10.7 Å². The molecular weight excluding hydrogens is 278 g/mol. The summed E-state index contributed by atoms with van der Waals surface area (Å²) in [4.78, 5) is 12.4. The molecule has 0 aromatic carbocycles. The lowest BCUT2D eigenvalue weighted by atomic mass is 10.3. The van der Waals surface area contributed by atoms with Crippen molar-refractivity contribution in [1.29, 1.82) is 0 Å². The van der Waals surface area contributed by atoms with Crippen LogP contribution < -0.4 is 21.1 Å². The summed E-state index contributed by atoms with van der Waals surface area (Å²) < 4.78 is 10.3. The molecule has 112 valence electrons. The fraction of sp³-hybridized carbons (Fsp3) is 0.462. The molecule has 1 atom stereocenters. The van der Waals surface area contributed by atoms with E-state index in [1.54, 1.807) is 13.2 Å². The first-order valence-electron chi connectivity index (χ1n) is 6.15. The van der Waals surface area contributed by atoms with Crippen molar-refractivity contribution < 1.29 is 14.3 Å². The second-order valence-corrected chi connectivity index (χ2v) is 5.23. The van der Waals surface area contributed by atoms with E-state index in [0.29, 0.717) is 29.5 Å². The van der Waals surface area contributed by atoms with Crippen LogP contribution in [0.25, 0.3) is 0 Å². The van der Waals surface area contributed by atoms with Gasteiger partial charge >= 0.3 is 0 Å². The van der Waals surface area contributed by atoms with E-state index < -0.39 is 0 Å². The topological polar surface area (TPSA) is 85.6 Å². The molecule has 6 nitrogen and oxygen atoms in total. The van der Waals surface area contributed by atoms with Crippen LogP contribution in [-0.2, 0) is 4.74 Å². The smallest absolute Gasteiger partial charge is 0.263 e. The Bertz CT molecular complexity index is 474. The van der Waals surface area contributed by atoms with Gasteiger partial charge in [-0.25, -0.2) is 0 Å². The average Bonchev–Trinajstić information content (AvgIpc) is 2.72. The fourth-order valence-corrected chi connectivity index (χ4v) is 2.77. The quantitative estimate of drug-likeness (QED) is 0.636. The summed E-state index contributed by atoms with van der Waals surface area (Å²) in [6, 6.07) is 0.0797. The van der Waals surface area contributed by atoms with Crippen molar-refractivity contribution in [3.63, 3.8) is 0 Å². The highest BCUT2D eigenvalue weighted by Crippen LogP contribution is 2.42. The molecule has 0 saturated heterocycles. The molecule has 0 spiro atoms. The van der Waals surface area contributed by atoms with Gasteiger partial charge < -0.3 is 25.8 Å². The van der Waals surface area contributed by atoms with E-state index in [0.717, 1.165) is 5.00 Å². The van der Waals surface area contributed by atoms with Crippen LogP contribution >= 0.6 is 11.3 Å². The second kappa shape index (κ2) is 7.76. The summed E-state index contributed by atoms with van der Waals surface area (Å²) in [5.74, 6) is 0.250. The minimum atomic E-state index is -0.238. The molecule has 1 heterocycles. The monoisotopic (exact) mass is 299 g/mol. The highest BCUT2D eigenvalue weighted by molar-refractivity contribution is 7.19. The molecule has 1 amide bonds. The van der Waals surface area contributed by atoms with Crippen LogP contribution in [-0.4, -0.2) is 39.3 Å². The zero-order chi connectivity index (χ0) is 15.1. The number of nitrogen functional groups attached to an aromatic ring is 1. The maximum Gasteiger partial charge on any atom is 0.263 e. The SMILES string of the molecule is C=CCNC(=O)c1sc(NC(C)COC)c(OC)c1N. The number of hydrogen-bond donors (Lipinski definition) is 3. The first-order valence-corrected chi connectivity index (χ1v) is 6.97. The Labute approximate surface area is 122 Å². The summed E-state index contributed by atoms with van der Waals surface area (Å²) in [6.07, 6.45) is 1.61. The third-order valence-corrected chi connectivity index (χ3v) is 3.63. The van der Waals surface area contributed by atoms with Gasteiger partial charge in [0.25, 0.3) is 5.91 Å². The number of carbonyl (C=O) groups excluding carboxylic acids is 1. The highest BCUT2D eigenvalue weighted by atomic mass is 32.1. The van der Waals surface area contributed by atoms with Gasteiger partial charge in [-0.05, 0) is 6.92 Å². The molecule has 0 radical (unpaired) electrons. The number of methoxy groups -OCH3 is 2. The van der Waals surface area contributed by atoms with Crippen LogP contribution in [0.1, 0.15) is 16.6 Å². The number of carbonyl (C=O) groups is 1. The first kappa shape index (κ1) is 16.3. The molecule has 1 aromatic rings. The normalized spacial score (nSPS) is 11.8. The van der Waals surface area contributed by atoms with E-state index in [-0.39, 0.29) is 11.9 Å². The Morgan fingerprint density at radius 1 is 1.55 bits per heavy atom. The standard InChI is InChI=1S/C13H21N3O3S/c1-5-6-15-12(17)11-9(14)10(19-4)13(20-11)16-8(2)7-18-3/h5,8,16H,1,6-7,14H2,2-4H3,(H,15,17). The van der Waals surface area contributed by atoms with E-state index in [1.807, 2.05) is 6.92 Å². The van der Waals surface area contributed by atoms with Gasteiger partial charge in [0.1, 0.15) is 15.6 Å². The molecule has 0 aliphatic rings. The van der Waals surface area contributed by atoms with Gasteiger partial charge in [-0.15, -0.1) is 17.9 Å². The van der Waals surface area contributed by atoms with Crippen LogP contribution in [0, 0.1) is 0 Å². The third kappa shape index (κ3) is 3.88. The highest BCUT2D eigenvalue weighted by Gasteiger charge is 2.22. The number of ether oxygens (including phenoxy) is 2. The average molecular weight is 299 g/mol. The zero-order valence-corrected chi connectivity index (χ0v) is 12.8. The Hall–Kier alpha value is -1.73. The van der Waals surface area contributed by atoms with Gasteiger partial charge in [0.2, 0.25) is 0 Å². The lowest BCUT2D eigenvalue weighted by molar-refractivity contribution is 0.0962. The van der Waals surface area contributed by atoms with Gasteiger partial charge in [0, 0.05) is 19.7 Å². The largest absolute Gasteiger partial charge is 0.492 e. The minimum Gasteiger partial charge on any atom is -0.492 e. The van der Waals surface area contributed by atoms with Crippen molar-refractivity contribution in [2.45, 2.75) is 13.0 Å². The molecule has 0 fully saturated rings. The predicted octanol–water partition coefficient (Wildman–Crippen LogP) is 1.70. The van der Waals surface area contributed by atoms with E-state index in [1.165, 1.54) is 18.4 Å². The Morgan fingerprint density at radius 3 is 2.80 bits per heavy atom. The van der Waals surface area contributed by atoms with E-state index in [2.05, 4.69) is 17.2 Å². The maximum atomic E-state index is 12.0. The molecule has 4 N–H and O–H groups in total. The molecule has 1 rings (SSSR count). The van der Waals surface area contributed by atoms with Gasteiger partial charge in [-0.2, -0.15) is 0 Å². The van der Waals surface area contributed by atoms with E-state index >= 15 is 0 Å². The lowest BCUT2D eigenvalue weighted by Crippen LogP contribution is -2.23. The number of anilines is 2. The van der Waals surface area contributed by atoms with Crippen molar-refractivity contribution in [2.75, 3.05) is 38.4 Å². The molecule has 20 heavy (non-hydrogen) atoms. The van der Waals surface area contributed by atoms with Crippen molar-refractivity contribution in [3.8, 4) is 5.75 Å². The summed E-state index contributed by atoms with van der Waals surface area (Å²) in [7, 11) is 3.16. The zero-order valence-electron chi connectivity index (χ0n) is 12.0. The number of rotatable bonds is 8. The number of hydrogen-bond acceptors (Lipinski definition) is 6. The molecule has 1 unspecified atom stereocenters. The first-order chi connectivity index (χ1) is 9.54. The number of nitrogens with two attached hydrogens (primary N) is 1. The van der Waals surface area contributed by atoms with Gasteiger partial charge in [-0.3, -0.25) is 4.79 Å². The maximum absolute atomic E-state index is 12.0. The molecular formula is C13H21N3O3S. The number of amides is 1. The van der Waals surface area contributed by atoms with Crippen LogP contribution in [0.5, 0.6) is 5.75 Å². The van der Waals surface area contributed by atoms with Crippen molar-refractivity contribution in [1.82, 2.24) is 5.32 Å². The van der Waals surface area contributed by atoms with E-state index in [9.17, 15) is 4.79 Å². The molecule has 0 bridgehead atoms. The Morgan fingerprint density at radius 2 is 2.25 bits per heavy atom. The van der Waals surface area contributed by atoms with Crippen LogP contribution in [0.15, 0.2) is 12.7 Å². The van der Waals surface area contributed by atoms with E-state index in [4.69, 9.17) is 15.2 Å². The lowest BCUT2D eigenvalue weighted by Gasteiger charge is -2.13. The third-order valence-electron chi connectivity index (χ3n) is 2.51. The summed E-state index contributed by atoms with van der Waals surface area (Å²) in [5.41, 5.74) is 6.30. The fourth-order valence-electron chi connectivity index (χ4n) is 1.66. The molecule has 1 aromatic heterocycles. The summed E-state index contributed by atoms with van der Waals surface area (Å²) in [5, 5.41) is 6.64. The molecule has 0 saturated carbocycles. The van der Waals surface area contributed by atoms with Crippen LogP contribution in [0.3, 0.4) is 0 Å². The predicted molar refractivity (Wildman–Crippen MR) is 82.8 cm³/mol. The van der Waals surface area contributed by atoms with Crippen molar-refractivity contribution >= 4 is 27.9 Å². The van der Waals surface area contributed by atoms with Gasteiger partial charge in [0.15, 0.2) is 5.75 Å². The Balaban J connectivity index is 2.95.